The Morgan fingerprint density at radius 1 is 1.12 bits per heavy atom. The molecule has 5 nitrogen and oxygen atoms in total. The van der Waals surface area contributed by atoms with Gasteiger partial charge < -0.3 is 14.2 Å². The quantitative estimate of drug-likeness (QED) is 0.546. The Hall–Kier alpha value is -1.75. The van der Waals surface area contributed by atoms with Crippen LogP contribution in [0, 0.1) is 13.8 Å². The van der Waals surface area contributed by atoms with Crippen molar-refractivity contribution in [2.24, 2.45) is 0 Å². The number of esters is 1. The standard InChI is InChI=1S/C19H25ClO5/c1-12-9-10-16(13(2)11-12)18(21)25-17(20)14(3)23-19(22)24-15-7-5-4-6-8-15/h9-11,14-15,17H,4-8H2,1-3H3. The monoisotopic (exact) mass is 368 g/mol. The van der Waals surface area contributed by atoms with Crippen molar-refractivity contribution in [1.29, 1.82) is 0 Å². The first kappa shape index (κ1) is 19.6. The largest absolute Gasteiger partial charge is 0.508 e. The normalized spacial score (nSPS) is 17.4. The number of ether oxygens (including phenoxy) is 3. The number of hydrogen-bond donors (Lipinski definition) is 0. The molecule has 0 heterocycles. The van der Waals surface area contributed by atoms with Gasteiger partial charge in [0.1, 0.15) is 6.10 Å². The lowest BCUT2D eigenvalue weighted by molar-refractivity contribution is -0.0340. The SMILES string of the molecule is Cc1ccc(C(=O)OC(Cl)C(C)OC(=O)OC2CCCCC2)c(C)c1. The summed E-state index contributed by atoms with van der Waals surface area (Å²) in [5.74, 6) is -0.548. The molecule has 1 saturated carbocycles. The molecule has 138 valence electrons. The molecule has 0 saturated heterocycles. The molecule has 1 aliphatic rings. The second kappa shape index (κ2) is 9.09. The van der Waals surface area contributed by atoms with Gasteiger partial charge in [-0.1, -0.05) is 35.7 Å². The minimum Gasteiger partial charge on any atom is -0.438 e. The molecule has 1 aromatic rings. The van der Waals surface area contributed by atoms with Gasteiger partial charge in [-0.15, -0.1) is 0 Å². The minimum atomic E-state index is -1.09. The van der Waals surface area contributed by atoms with Crippen LogP contribution >= 0.6 is 11.6 Å². The highest BCUT2D eigenvalue weighted by atomic mass is 35.5. The van der Waals surface area contributed by atoms with Crippen molar-refractivity contribution in [2.75, 3.05) is 0 Å². The number of carbonyl (C=O) groups excluding carboxylic acids is 2. The van der Waals surface area contributed by atoms with Crippen LogP contribution < -0.4 is 0 Å². The van der Waals surface area contributed by atoms with Gasteiger partial charge in [0.2, 0.25) is 5.56 Å². The summed E-state index contributed by atoms with van der Waals surface area (Å²) in [7, 11) is 0. The molecule has 2 unspecified atom stereocenters. The van der Waals surface area contributed by atoms with E-state index in [2.05, 4.69) is 0 Å². The number of hydrogen-bond acceptors (Lipinski definition) is 5. The molecule has 1 aliphatic carbocycles. The number of carbonyl (C=O) groups is 2. The molecule has 0 spiro atoms. The first-order chi connectivity index (χ1) is 11.9. The molecule has 6 heteroatoms. The summed E-state index contributed by atoms with van der Waals surface area (Å²) in [5.41, 5.74) is 1.21. The van der Waals surface area contributed by atoms with Gasteiger partial charge >= 0.3 is 12.1 Å². The second-order valence-corrected chi connectivity index (χ2v) is 6.96. The van der Waals surface area contributed by atoms with Gasteiger partial charge in [-0.05, 0) is 58.1 Å². The number of aryl methyl sites for hydroxylation is 2. The number of benzene rings is 1. The first-order valence-corrected chi connectivity index (χ1v) is 9.10. The molecule has 2 rings (SSSR count). The summed E-state index contributed by atoms with van der Waals surface area (Å²) in [4.78, 5) is 24.0. The fraction of sp³-hybridized carbons (Fsp3) is 0.579. The van der Waals surface area contributed by atoms with E-state index >= 15 is 0 Å². The van der Waals surface area contributed by atoms with Gasteiger partial charge in [0.15, 0.2) is 6.10 Å². The summed E-state index contributed by atoms with van der Waals surface area (Å²) < 4.78 is 15.6. The summed E-state index contributed by atoms with van der Waals surface area (Å²) in [5, 5.41) is 0. The molecule has 2 atom stereocenters. The Morgan fingerprint density at radius 2 is 1.80 bits per heavy atom. The van der Waals surface area contributed by atoms with E-state index in [9.17, 15) is 9.59 Å². The highest BCUT2D eigenvalue weighted by molar-refractivity contribution is 6.21. The molecule has 0 radical (unpaired) electrons. The van der Waals surface area contributed by atoms with Crippen LogP contribution in [0.5, 0.6) is 0 Å². The lowest BCUT2D eigenvalue weighted by atomic mass is 9.98. The van der Waals surface area contributed by atoms with Crippen LogP contribution in [-0.4, -0.2) is 29.9 Å². The maximum Gasteiger partial charge on any atom is 0.508 e. The lowest BCUT2D eigenvalue weighted by Crippen LogP contribution is -2.31. The summed E-state index contributed by atoms with van der Waals surface area (Å²) in [6.45, 7) is 5.34. The molecule has 0 N–H and O–H groups in total. The molecule has 1 aromatic carbocycles. The van der Waals surface area contributed by atoms with E-state index in [1.54, 1.807) is 13.0 Å². The Labute approximate surface area is 153 Å². The Balaban J connectivity index is 1.83. The highest BCUT2D eigenvalue weighted by Gasteiger charge is 2.26. The van der Waals surface area contributed by atoms with Gasteiger partial charge in [-0.3, -0.25) is 0 Å². The van der Waals surface area contributed by atoms with Gasteiger partial charge in [0.25, 0.3) is 0 Å². The lowest BCUT2D eigenvalue weighted by Gasteiger charge is -2.23. The zero-order chi connectivity index (χ0) is 18.4. The maximum absolute atomic E-state index is 12.2. The zero-order valence-corrected chi connectivity index (χ0v) is 15.7. The molecular weight excluding hydrogens is 344 g/mol. The number of halogens is 1. The van der Waals surface area contributed by atoms with Gasteiger partial charge in [-0.2, -0.15) is 0 Å². The number of alkyl halides is 1. The smallest absolute Gasteiger partial charge is 0.438 e. The Bertz CT molecular complexity index is 610. The molecule has 0 amide bonds. The molecule has 0 bridgehead atoms. The van der Waals surface area contributed by atoms with Crippen LogP contribution in [0.25, 0.3) is 0 Å². The van der Waals surface area contributed by atoms with Crippen molar-refractivity contribution in [1.82, 2.24) is 0 Å². The van der Waals surface area contributed by atoms with Crippen molar-refractivity contribution in [3.05, 3.63) is 34.9 Å². The van der Waals surface area contributed by atoms with Crippen molar-refractivity contribution < 1.29 is 23.8 Å². The fourth-order valence-electron chi connectivity index (χ4n) is 2.86. The average molecular weight is 369 g/mol. The molecular formula is C19H25ClO5. The van der Waals surface area contributed by atoms with Gasteiger partial charge in [0.05, 0.1) is 5.56 Å². The third kappa shape index (κ3) is 5.92. The Kier molecular flexibility index (Phi) is 7.12. The highest BCUT2D eigenvalue weighted by Crippen LogP contribution is 2.22. The third-order valence-corrected chi connectivity index (χ3v) is 4.73. The maximum atomic E-state index is 12.2. The fourth-order valence-corrected chi connectivity index (χ4v) is 2.99. The van der Waals surface area contributed by atoms with Crippen molar-refractivity contribution >= 4 is 23.7 Å². The Morgan fingerprint density at radius 3 is 2.44 bits per heavy atom. The van der Waals surface area contributed by atoms with Crippen LogP contribution in [0.3, 0.4) is 0 Å². The molecule has 25 heavy (non-hydrogen) atoms. The zero-order valence-electron chi connectivity index (χ0n) is 14.9. The van der Waals surface area contributed by atoms with E-state index in [1.807, 2.05) is 26.0 Å². The predicted octanol–water partition coefficient (Wildman–Crippen LogP) is 4.90. The topological polar surface area (TPSA) is 61.8 Å². The van der Waals surface area contributed by atoms with Crippen LogP contribution in [0.4, 0.5) is 4.79 Å². The van der Waals surface area contributed by atoms with E-state index in [1.165, 1.54) is 6.42 Å². The first-order valence-electron chi connectivity index (χ1n) is 8.66. The van der Waals surface area contributed by atoms with Crippen molar-refractivity contribution in [2.45, 2.75) is 70.6 Å². The van der Waals surface area contributed by atoms with Crippen LogP contribution in [0.1, 0.15) is 60.5 Å². The number of rotatable bonds is 5. The van der Waals surface area contributed by atoms with Crippen molar-refractivity contribution in [3.63, 3.8) is 0 Å². The second-order valence-electron chi connectivity index (χ2n) is 6.53. The van der Waals surface area contributed by atoms with E-state index in [-0.39, 0.29) is 6.10 Å². The third-order valence-electron chi connectivity index (χ3n) is 4.29. The van der Waals surface area contributed by atoms with Crippen LogP contribution in [0.15, 0.2) is 18.2 Å². The summed E-state index contributed by atoms with van der Waals surface area (Å²) in [6.07, 6.45) is 3.31. The summed E-state index contributed by atoms with van der Waals surface area (Å²) in [6, 6.07) is 5.41. The summed E-state index contributed by atoms with van der Waals surface area (Å²) >= 11 is 6.07. The van der Waals surface area contributed by atoms with Crippen LogP contribution in [-0.2, 0) is 14.2 Å². The van der Waals surface area contributed by atoms with E-state index in [0.717, 1.165) is 36.8 Å². The van der Waals surface area contributed by atoms with Gasteiger partial charge in [0, 0.05) is 0 Å². The minimum absolute atomic E-state index is 0.0972. The molecule has 0 aromatic heterocycles. The molecule has 1 fully saturated rings. The van der Waals surface area contributed by atoms with E-state index < -0.39 is 23.8 Å². The van der Waals surface area contributed by atoms with E-state index in [4.69, 9.17) is 25.8 Å². The van der Waals surface area contributed by atoms with E-state index in [0.29, 0.717) is 5.56 Å². The molecule has 0 aliphatic heterocycles. The predicted molar refractivity (Wildman–Crippen MR) is 94.9 cm³/mol. The van der Waals surface area contributed by atoms with Crippen molar-refractivity contribution in [3.8, 4) is 0 Å². The average Bonchev–Trinajstić information content (AvgIpc) is 2.55. The van der Waals surface area contributed by atoms with Crippen LogP contribution in [0.2, 0.25) is 0 Å². The van der Waals surface area contributed by atoms with Gasteiger partial charge in [-0.25, -0.2) is 9.59 Å².